The van der Waals surface area contributed by atoms with Gasteiger partial charge in [-0.1, -0.05) is 46.0 Å². The number of aliphatic hydroxyl groups excluding tert-OH is 1. The second-order valence-corrected chi connectivity index (χ2v) is 7.39. The normalized spacial score (nSPS) is 12.2. The van der Waals surface area contributed by atoms with Crippen LogP contribution in [0.2, 0.25) is 0 Å². The molecule has 1 N–H and O–H groups in total. The van der Waals surface area contributed by atoms with Crippen LogP contribution in [0.25, 0.3) is 0 Å². The first-order chi connectivity index (χ1) is 9.88. The Bertz CT molecular complexity index is 422. The minimum atomic E-state index is -0.0480. The van der Waals surface area contributed by atoms with Crippen molar-refractivity contribution in [3.05, 3.63) is 10.6 Å². The molecule has 1 aromatic heterocycles. The van der Waals surface area contributed by atoms with Crippen LogP contribution >= 0.6 is 11.3 Å². The molecule has 21 heavy (non-hydrogen) atoms. The number of nitrogens with zero attached hydrogens (tertiary/aromatic N) is 2. The molecular weight excluding hydrogens is 284 g/mol. The van der Waals surface area contributed by atoms with Crippen LogP contribution in [0.4, 0.5) is 5.13 Å². The van der Waals surface area contributed by atoms with Gasteiger partial charge >= 0.3 is 0 Å². The van der Waals surface area contributed by atoms with Crippen LogP contribution in [0.15, 0.2) is 0 Å². The van der Waals surface area contributed by atoms with Crippen LogP contribution in [-0.2, 0) is 16.8 Å². The lowest BCUT2D eigenvalue weighted by Gasteiger charge is -2.30. The van der Waals surface area contributed by atoms with E-state index in [1.807, 2.05) is 0 Å². The highest BCUT2D eigenvalue weighted by Gasteiger charge is 2.26. The summed E-state index contributed by atoms with van der Waals surface area (Å²) >= 11 is 1.61. The van der Waals surface area contributed by atoms with E-state index in [1.54, 1.807) is 18.4 Å². The molecule has 0 atom stereocenters. The molecule has 122 valence electrons. The van der Waals surface area contributed by atoms with Crippen LogP contribution in [0.3, 0.4) is 0 Å². The molecule has 0 bridgehead atoms. The van der Waals surface area contributed by atoms with Gasteiger partial charge in [-0.15, -0.1) is 0 Å². The number of aromatic nitrogens is 1. The van der Waals surface area contributed by atoms with Crippen molar-refractivity contribution in [1.29, 1.82) is 0 Å². The molecule has 1 rings (SSSR count). The Labute approximate surface area is 133 Å². The van der Waals surface area contributed by atoms with E-state index in [2.05, 4.69) is 39.5 Å². The monoisotopic (exact) mass is 314 g/mol. The summed E-state index contributed by atoms with van der Waals surface area (Å²) in [7, 11) is 1.73. The Morgan fingerprint density at radius 1 is 1.29 bits per heavy atom. The average molecular weight is 314 g/mol. The maximum absolute atomic E-state index is 9.63. The van der Waals surface area contributed by atoms with Crippen LogP contribution < -0.4 is 4.90 Å². The van der Waals surface area contributed by atoms with E-state index < -0.39 is 0 Å². The average Bonchev–Trinajstić information content (AvgIpc) is 2.87. The van der Waals surface area contributed by atoms with Gasteiger partial charge in [0.15, 0.2) is 5.13 Å². The molecule has 4 nitrogen and oxygen atoms in total. The van der Waals surface area contributed by atoms with Gasteiger partial charge in [0.2, 0.25) is 0 Å². The fourth-order valence-corrected chi connectivity index (χ4v) is 3.74. The first kappa shape index (κ1) is 18.4. The highest BCUT2D eigenvalue weighted by Crippen LogP contribution is 2.35. The first-order valence-electron chi connectivity index (χ1n) is 7.75. The molecule has 0 saturated heterocycles. The standard InChI is InChI=1S/C16H30N2O2S/c1-7-12(8-2)18(9-10-20-6)15-17-14(16(3,4)5)13(11-19)21-15/h12,19H,7-11H2,1-6H3. The van der Waals surface area contributed by atoms with Crippen LogP contribution in [-0.4, -0.2) is 36.4 Å². The van der Waals surface area contributed by atoms with E-state index >= 15 is 0 Å². The van der Waals surface area contributed by atoms with E-state index in [0.29, 0.717) is 12.6 Å². The number of thiazole rings is 1. The summed E-state index contributed by atoms with van der Waals surface area (Å²) < 4.78 is 5.25. The molecule has 0 saturated carbocycles. The molecule has 1 heterocycles. The van der Waals surface area contributed by atoms with Gasteiger partial charge in [0.05, 0.1) is 23.8 Å². The first-order valence-corrected chi connectivity index (χ1v) is 8.57. The number of aliphatic hydroxyl groups is 1. The number of rotatable bonds is 8. The summed E-state index contributed by atoms with van der Waals surface area (Å²) in [5, 5.41) is 10.6. The Morgan fingerprint density at radius 3 is 2.29 bits per heavy atom. The predicted octanol–water partition coefficient (Wildman–Crippen LogP) is 3.57. The molecule has 1 aromatic rings. The van der Waals surface area contributed by atoms with Crippen LogP contribution in [0.5, 0.6) is 0 Å². The zero-order chi connectivity index (χ0) is 16.0. The smallest absolute Gasteiger partial charge is 0.186 e. The minimum Gasteiger partial charge on any atom is -0.391 e. The molecule has 0 aromatic carbocycles. The number of methoxy groups -OCH3 is 1. The molecule has 5 heteroatoms. The second-order valence-electron chi connectivity index (χ2n) is 6.33. The van der Waals surface area contributed by atoms with Crippen molar-refractivity contribution < 1.29 is 9.84 Å². The van der Waals surface area contributed by atoms with Crippen LogP contribution in [0, 0.1) is 0 Å². The number of ether oxygens (including phenoxy) is 1. The largest absolute Gasteiger partial charge is 0.391 e. The summed E-state index contributed by atoms with van der Waals surface area (Å²) in [5.74, 6) is 0. The molecule has 0 amide bonds. The summed E-state index contributed by atoms with van der Waals surface area (Å²) in [4.78, 5) is 8.16. The molecule has 0 unspecified atom stereocenters. The van der Waals surface area contributed by atoms with E-state index in [4.69, 9.17) is 9.72 Å². The lowest BCUT2D eigenvalue weighted by molar-refractivity contribution is 0.202. The third kappa shape index (κ3) is 4.66. The third-order valence-corrected chi connectivity index (χ3v) is 4.78. The Morgan fingerprint density at radius 2 is 1.90 bits per heavy atom. The zero-order valence-corrected chi connectivity index (χ0v) is 15.1. The summed E-state index contributed by atoms with van der Waals surface area (Å²) in [6.45, 7) is 12.4. The van der Waals surface area contributed by atoms with E-state index in [-0.39, 0.29) is 12.0 Å². The lowest BCUT2D eigenvalue weighted by Crippen LogP contribution is -2.37. The van der Waals surface area contributed by atoms with Crippen molar-refractivity contribution in [2.24, 2.45) is 0 Å². The fraction of sp³-hybridized carbons (Fsp3) is 0.812. The second kappa shape index (κ2) is 8.11. The van der Waals surface area contributed by atoms with Gasteiger partial charge in [0.25, 0.3) is 0 Å². The molecular formula is C16H30N2O2S. The summed E-state index contributed by atoms with van der Waals surface area (Å²) in [6.07, 6.45) is 2.16. The van der Waals surface area contributed by atoms with Crippen molar-refractivity contribution in [3.8, 4) is 0 Å². The zero-order valence-electron chi connectivity index (χ0n) is 14.3. The maximum atomic E-state index is 9.63. The molecule has 0 radical (unpaired) electrons. The van der Waals surface area contributed by atoms with Crippen molar-refractivity contribution >= 4 is 16.5 Å². The van der Waals surface area contributed by atoms with Crippen molar-refractivity contribution in [3.63, 3.8) is 0 Å². The van der Waals surface area contributed by atoms with Gasteiger partial charge in [0, 0.05) is 25.1 Å². The van der Waals surface area contributed by atoms with Gasteiger partial charge in [-0.05, 0) is 12.8 Å². The topological polar surface area (TPSA) is 45.6 Å². The Hall–Kier alpha value is -0.650. The minimum absolute atomic E-state index is 0.0480. The molecule has 0 aliphatic rings. The predicted molar refractivity (Wildman–Crippen MR) is 90.3 cm³/mol. The van der Waals surface area contributed by atoms with Gasteiger partial charge in [0.1, 0.15) is 0 Å². The maximum Gasteiger partial charge on any atom is 0.186 e. The van der Waals surface area contributed by atoms with Gasteiger partial charge < -0.3 is 14.7 Å². The van der Waals surface area contributed by atoms with Crippen molar-refractivity contribution in [2.75, 3.05) is 25.2 Å². The van der Waals surface area contributed by atoms with Gasteiger partial charge in [-0.3, -0.25) is 0 Å². The van der Waals surface area contributed by atoms with E-state index in [1.165, 1.54) is 0 Å². The number of anilines is 1. The van der Waals surface area contributed by atoms with Gasteiger partial charge in [-0.2, -0.15) is 0 Å². The SMILES string of the molecule is CCC(CC)N(CCOC)c1nc(C(C)(C)C)c(CO)s1. The molecule has 0 aliphatic heterocycles. The van der Waals surface area contributed by atoms with Crippen LogP contribution in [0.1, 0.15) is 58.0 Å². The highest BCUT2D eigenvalue weighted by atomic mass is 32.1. The third-order valence-electron chi connectivity index (χ3n) is 3.71. The van der Waals surface area contributed by atoms with E-state index in [0.717, 1.165) is 35.1 Å². The van der Waals surface area contributed by atoms with Gasteiger partial charge in [-0.25, -0.2) is 4.98 Å². The Balaban J connectivity index is 3.15. The highest BCUT2D eigenvalue weighted by molar-refractivity contribution is 7.15. The fourth-order valence-electron chi connectivity index (χ4n) is 2.51. The number of hydrogen-bond acceptors (Lipinski definition) is 5. The lowest BCUT2D eigenvalue weighted by atomic mass is 9.91. The number of hydrogen-bond donors (Lipinski definition) is 1. The Kier molecular flexibility index (Phi) is 7.10. The van der Waals surface area contributed by atoms with Crippen molar-refractivity contribution in [2.45, 2.75) is 65.5 Å². The summed E-state index contributed by atoms with van der Waals surface area (Å²) in [6, 6.07) is 0.464. The summed E-state index contributed by atoms with van der Waals surface area (Å²) in [5.41, 5.74) is 0.964. The molecule has 0 aliphatic carbocycles. The quantitative estimate of drug-likeness (QED) is 0.797. The van der Waals surface area contributed by atoms with E-state index in [9.17, 15) is 5.11 Å². The molecule has 0 spiro atoms. The van der Waals surface area contributed by atoms with Crippen molar-refractivity contribution in [1.82, 2.24) is 4.98 Å². The molecule has 0 fully saturated rings.